The number of carbonyl (C=O) groups is 2. The van der Waals surface area contributed by atoms with Gasteiger partial charge in [-0.2, -0.15) is 26.3 Å². The quantitative estimate of drug-likeness (QED) is 0.503. The number of thiophene rings is 1. The Morgan fingerprint density at radius 3 is 2.03 bits per heavy atom. The van der Waals surface area contributed by atoms with Crippen LogP contribution < -0.4 is 0 Å². The molecule has 4 rings (SSSR count). The summed E-state index contributed by atoms with van der Waals surface area (Å²) in [6.07, 6.45) is -4.06. The number of halogens is 6. The number of alkyl halides is 6. The van der Waals surface area contributed by atoms with Crippen LogP contribution in [0.25, 0.3) is 0 Å². The zero-order chi connectivity index (χ0) is 29.3. The summed E-state index contributed by atoms with van der Waals surface area (Å²) in [7, 11) is 0. The summed E-state index contributed by atoms with van der Waals surface area (Å²) in [6.45, 7) is 9.46. The van der Waals surface area contributed by atoms with E-state index in [-0.39, 0.29) is 5.60 Å². The maximum atomic E-state index is 10.6. The number of hydrogen-bond donors (Lipinski definition) is 2. The second-order valence-electron chi connectivity index (χ2n) is 9.00. The fourth-order valence-corrected chi connectivity index (χ4v) is 4.95. The molecule has 2 N–H and O–H groups in total. The Labute approximate surface area is 224 Å². The van der Waals surface area contributed by atoms with Gasteiger partial charge in [-0.25, -0.2) is 9.59 Å². The lowest BCUT2D eigenvalue weighted by atomic mass is 9.89. The van der Waals surface area contributed by atoms with Gasteiger partial charge in [-0.1, -0.05) is 6.07 Å². The molecule has 0 radical (unpaired) electrons. The molecular weight excluding hydrogens is 556 g/mol. The number of hydrogen-bond acceptors (Lipinski definition) is 7. The molecule has 2 aliphatic heterocycles. The van der Waals surface area contributed by atoms with Gasteiger partial charge in [0.15, 0.2) is 0 Å². The smallest absolute Gasteiger partial charge is 0.475 e. The molecule has 0 unspecified atom stereocenters. The lowest BCUT2D eigenvalue weighted by Crippen LogP contribution is -2.56. The highest BCUT2D eigenvalue weighted by atomic mass is 32.1. The predicted molar refractivity (Wildman–Crippen MR) is 129 cm³/mol. The highest BCUT2D eigenvalue weighted by Gasteiger charge is 2.40. The number of aromatic nitrogens is 1. The molecule has 2 saturated heterocycles. The number of carboxylic acids is 2. The fourth-order valence-electron chi connectivity index (χ4n) is 4.02. The van der Waals surface area contributed by atoms with Crippen molar-refractivity contribution in [1.82, 2.24) is 14.8 Å². The normalized spacial score (nSPS) is 17.9. The molecule has 218 valence electrons. The predicted octanol–water partition coefficient (Wildman–Crippen LogP) is 4.59. The maximum Gasteiger partial charge on any atom is 0.490 e. The first kappa shape index (κ1) is 32.5. The Balaban J connectivity index is 0.000000317. The van der Waals surface area contributed by atoms with Crippen LogP contribution in [-0.2, 0) is 27.4 Å². The molecule has 0 aliphatic carbocycles. The lowest BCUT2D eigenvalue weighted by Gasteiger charge is -2.47. The number of morpholine rings is 1. The second kappa shape index (κ2) is 14.1. The highest BCUT2D eigenvalue weighted by Crippen LogP contribution is 2.32. The summed E-state index contributed by atoms with van der Waals surface area (Å²) >= 11 is 1.92. The zero-order valence-corrected chi connectivity index (χ0v) is 21.8. The summed E-state index contributed by atoms with van der Waals surface area (Å²) in [5.41, 5.74) is 1.35. The highest BCUT2D eigenvalue weighted by molar-refractivity contribution is 7.11. The Morgan fingerprint density at radius 1 is 0.974 bits per heavy atom. The molecule has 0 aromatic carbocycles. The topological polar surface area (TPSA) is 103 Å². The number of carboxylic acid groups (broad SMARTS) is 2. The molecule has 2 aromatic rings. The lowest BCUT2D eigenvalue weighted by molar-refractivity contribution is -0.193. The summed E-state index contributed by atoms with van der Waals surface area (Å²) in [5, 5.41) is 14.2. The Hall–Kier alpha value is -2.75. The van der Waals surface area contributed by atoms with Crippen molar-refractivity contribution >= 4 is 23.3 Å². The molecular formula is C24H29F6N3O5S. The molecule has 1 spiro atoms. The average molecular weight is 586 g/mol. The monoisotopic (exact) mass is 585 g/mol. The number of pyridine rings is 1. The van der Waals surface area contributed by atoms with Crippen molar-refractivity contribution in [2.24, 2.45) is 0 Å². The van der Waals surface area contributed by atoms with E-state index in [2.05, 4.69) is 39.9 Å². The van der Waals surface area contributed by atoms with Crippen LogP contribution in [0.3, 0.4) is 0 Å². The van der Waals surface area contributed by atoms with Gasteiger partial charge in [-0.15, -0.1) is 11.3 Å². The van der Waals surface area contributed by atoms with E-state index in [1.165, 1.54) is 15.3 Å². The SMILES string of the molecule is Cc1ccc(CN2CCC3(CC2)CN(Cc2cccnc2)CCO3)s1.O=C(O)C(F)(F)F.O=C(O)C(F)(F)F. The van der Waals surface area contributed by atoms with Crippen LogP contribution in [0.4, 0.5) is 26.3 Å². The van der Waals surface area contributed by atoms with Gasteiger partial charge in [0.25, 0.3) is 0 Å². The number of aliphatic carboxylic acids is 2. The molecule has 2 fully saturated rings. The summed E-state index contributed by atoms with van der Waals surface area (Å²) in [6, 6.07) is 8.69. The van der Waals surface area contributed by atoms with Gasteiger partial charge in [0.2, 0.25) is 0 Å². The van der Waals surface area contributed by atoms with Crippen LogP contribution in [0.5, 0.6) is 0 Å². The Kier molecular flexibility index (Phi) is 11.7. The first-order chi connectivity index (χ1) is 18.1. The molecule has 0 atom stereocenters. The van der Waals surface area contributed by atoms with E-state index >= 15 is 0 Å². The fraction of sp³-hybridized carbons (Fsp3) is 0.542. The van der Waals surface area contributed by atoms with E-state index in [4.69, 9.17) is 24.5 Å². The molecule has 0 amide bonds. The molecule has 0 bridgehead atoms. The number of nitrogens with zero attached hydrogens (tertiary/aromatic N) is 3. The number of piperidine rings is 1. The van der Waals surface area contributed by atoms with Crippen molar-refractivity contribution in [3.63, 3.8) is 0 Å². The van der Waals surface area contributed by atoms with Crippen LogP contribution in [0.2, 0.25) is 0 Å². The molecule has 15 heteroatoms. The van der Waals surface area contributed by atoms with E-state index in [0.717, 1.165) is 58.7 Å². The van der Waals surface area contributed by atoms with Gasteiger partial charge in [-0.3, -0.25) is 14.8 Å². The number of rotatable bonds is 4. The van der Waals surface area contributed by atoms with Crippen molar-refractivity contribution in [1.29, 1.82) is 0 Å². The van der Waals surface area contributed by atoms with Crippen molar-refractivity contribution in [2.75, 3.05) is 32.8 Å². The van der Waals surface area contributed by atoms with Gasteiger partial charge in [-0.05, 0) is 43.5 Å². The summed E-state index contributed by atoms with van der Waals surface area (Å²) in [5.74, 6) is -5.51. The first-order valence-electron chi connectivity index (χ1n) is 11.7. The maximum absolute atomic E-state index is 10.6. The zero-order valence-electron chi connectivity index (χ0n) is 21.0. The Morgan fingerprint density at radius 2 is 1.56 bits per heavy atom. The van der Waals surface area contributed by atoms with Gasteiger partial charge in [0.05, 0.1) is 12.2 Å². The Bertz CT molecular complexity index is 1030. The van der Waals surface area contributed by atoms with E-state index in [1.54, 1.807) is 0 Å². The van der Waals surface area contributed by atoms with E-state index in [0.29, 0.717) is 0 Å². The average Bonchev–Trinajstić information content (AvgIpc) is 3.25. The van der Waals surface area contributed by atoms with Crippen LogP contribution in [-0.4, -0.2) is 87.7 Å². The summed E-state index contributed by atoms with van der Waals surface area (Å²) < 4.78 is 69.8. The molecule has 2 aromatic heterocycles. The third-order valence-electron chi connectivity index (χ3n) is 5.88. The van der Waals surface area contributed by atoms with E-state index < -0.39 is 24.3 Å². The third kappa shape index (κ3) is 11.5. The molecule has 0 saturated carbocycles. The molecule has 8 nitrogen and oxygen atoms in total. The first-order valence-corrected chi connectivity index (χ1v) is 12.5. The third-order valence-corrected chi connectivity index (χ3v) is 6.87. The molecule has 2 aliphatic rings. The van der Waals surface area contributed by atoms with Gasteiger partial charge in [0.1, 0.15) is 0 Å². The minimum Gasteiger partial charge on any atom is -0.475 e. The summed E-state index contributed by atoms with van der Waals surface area (Å²) in [4.78, 5) is 30.0. The van der Waals surface area contributed by atoms with Crippen LogP contribution in [0, 0.1) is 6.92 Å². The number of aryl methyl sites for hydroxylation is 1. The van der Waals surface area contributed by atoms with E-state index in [9.17, 15) is 26.3 Å². The molecule has 39 heavy (non-hydrogen) atoms. The van der Waals surface area contributed by atoms with Crippen molar-refractivity contribution < 1.29 is 50.9 Å². The van der Waals surface area contributed by atoms with Crippen molar-refractivity contribution in [3.05, 3.63) is 52.0 Å². The molecule has 4 heterocycles. The van der Waals surface area contributed by atoms with Crippen molar-refractivity contribution in [3.8, 4) is 0 Å². The van der Waals surface area contributed by atoms with E-state index in [1.807, 2.05) is 29.8 Å². The minimum absolute atomic E-state index is 0.0579. The van der Waals surface area contributed by atoms with Gasteiger partial charge < -0.3 is 14.9 Å². The number of likely N-dealkylation sites (tertiary alicyclic amines) is 1. The number of ether oxygens (including phenoxy) is 1. The largest absolute Gasteiger partial charge is 0.490 e. The van der Waals surface area contributed by atoms with Crippen LogP contribution in [0.15, 0.2) is 36.7 Å². The van der Waals surface area contributed by atoms with Gasteiger partial charge in [0, 0.05) is 61.4 Å². The standard InChI is InChI=1S/C20H27N3OS.2C2HF3O2/c1-17-4-5-19(25-17)15-22-9-6-20(7-10-22)16-23(11-12-24-20)14-18-3-2-8-21-13-18;2*3-2(4,5)1(6)7/h2-5,8,13H,6-7,9-12,14-16H2,1H3;2*(H,6,7). The van der Waals surface area contributed by atoms with Crippen molar-refractivity contribution in [2.45, 2.75) is 50.8 Å². The second-order valence-corrected chi connectivity index (χ2v) is 10.4. The van der Waals surface area contributed by atoms with Gasteiger partial charge >= 0.3 is 24.3 Å². The minimum atomic E-state index is -5.08. The van der Waals surface area contributed by atoms with Crippen LogP contribution in [0.1, 0.15) is 28.2 Å². The van der Waals surface area contributed by atoms with Crippen LogP contribution >= 0.6 is 11.3 Å².